The highest BCUT2D eigenvalue weighted by molar-refractivity contribution is 9.10. The van der Waals surface area contributed by atoms with E-state index in [2.05, 4.69) is 15.9 Å². The standard InChI is InChI=1S/C12H12BrClN2O5/c13-8-3-7(14)1-2-9(8)21-6-11(18)16(4-10(15)17)5-12(19)20/h1-3H,4-6H2,(H2,15,17)(H,19,20). The predicted molar refractivity (Wildman–Crippen MR) is 78.1 cm³/mol. The Morgan fingerprint density at radius 1 is 1.33 bits per heavy atom. The number of ether oxygens (including phenoxy) is 1. The Balaban J connectivity index is 2.68. The minimum Gasteiger partial charge on any atom is -0.483 e. The summed E-state index contributed by atoms with van der Waals surface area (Å²) in [5, 5.41) is 9.18. The zero-order chi connectivity index (χ0) is 16.0. The van der Waals surface area contributed by atoms with E-state index in [0.29, 0.717) is 15.2 Å². The lowest BCUT2D eigenvalue weighted by Gasteiger charge is -2.19. The molecule has 21 heavy (non-hydrogen) atoms. The number of amides is 2. The summed E-state index contributed by atoms with van der Waals surface area (Å²) >= 11 is 8.98. The summed E-state index contributed by atoms with van der Waals surface area (Å²) in [6.45, 7) is -1.55. The van der Waals surface area contributed by atoms with E-state index in [9.17, 15) is 14.4 Å². The number of carbonyl (C=O) groups excluding carboxylic acids is 2. The maximum Gasteiger partial charge on any atom is 0.323 e. The number of carbonyl (C=O) groups is 3. The number of nitrogens with zero attached hydrogens (tertiary/aromatic N) is 1. The van der Waals surface area contributed by atoms with Crippen LogP contribution in [0.3, 0.4) is 0 Å². The number of hydrogen-bond donors (Lipinski definition) is 2. The summed E-state index contributed by atoms with van der Waals surface area (Å²) in [7, 11) is 0. The van der Waals surface area contributed by atoms with Gasteiger partial charge in [-0.2, -0.15) is 0 Å². The van der Waals surface area contributed by atoms with E-state index >= 15 is 0 Å². The fourth-order valence-electron chi connectivity index (χ4n) is 1.41. The van der Waals surface area contributed by atoms with E-state index in [1.807, 2.05) is 0 Å². The molecule has 0 radical (unpaired) electrons. The Bertz CT molecular complexity index is 551. The van der Waals surface area contributed by atoms with Gasteiger partial charge in [0.05, 0.1) is 4.47 Å². The van der Waals surface area contributed by atoms with Crippen LogP contribution in [0.25, 0.3) is 0 Å². The maximum absolute atomic E-state index is 11.9. The van der Waals surface area contributed by atoms with Gasteiger partial charge in [0.25, 0.3) is 5.91 Å². The van der Waals surface area contributed by atoms with Gasteiger partial charge in [0.2, 0.25) is 5.91 Å². The molecule has 114 valence electrons. The molecule has 0 saturated heterocycles. The molecule has 1 rings (SSSR count). The fraction of sp³-hybridized carbons (Fsp3) is 0.250. The third-order valence-corrected chi connectivity index (χ3v) is 3.13. The number of carboxylic acid groups (broad SMARTS) is 1. The van der Waals surface area contributed by atoms with Crippen molar-refractivity contribution in [3.8, 4) is 5.75 Å². The first-order valence-corrected chi connectivity index (χ1v) is 6.82. The van der Waals surface area contributed by atoms with Crippen LogP contribution in [0.5, 0.6) is 5.75 Å². The molecule has 1 aromatic carbocycles. The molecule has 0 heterocycles. The Hall–Kier alpha value is -1.80. The summed E-state index contributed by atoms with van der Waals surface area (Å²) in [5.41, 5.74) is 4.97. The molecule has 2 amide bonds. The SMILES string of the molecule is NC(=O)CN(CC(=O)O)C(=O)COc1ccc(Cl)cc1Br. The fourth-order valence-corrected chi connectivity index (χ4v) is 2.20. The molecule has 0 spiro atoms. The van der Waals surface area contributed by atoms with Crippen molar-refractivity contribution >= 4 is 45.3 Å². The summed E-state index contributed by atoms with van der Waals surface area (Å²) < 4.78 is 5.80. The quantitative estimate of drug-likeness (QED) is 0.731. The first kappa shape index (κ1) is 17.3. The van der Waals surface area contributed by atoms with E-state index in [4.69, 9.17) is 27.2 Å². The lowest BCUT2D eigenvalue weighted by atomic mass is 10.3. The van der Waals surface area contributed by atoms with Crippen LogP contribution in [-0.2, 0) is 14.4 Å². The molecule has 0 aliphatic rings. The lowest BCUT2D eigenvalue weighted by molar-refractivity contribution is -0.146. The first-order valence-electron chi connectivity index (χ1n) is 5.65. The van der Waals surface area contributed by atoms with Crippen LogP contribution >= 0.6 is 27.5 Å². The Kier molecular flexibility index (Phi) is 6.44. The molecule has 0 atom stereocenters. The summed E-state index contributed by atoms with van der Waals surface area (Å²) in [4.78, 5) is 34.1. The number of benzene rings is 1. The van der Waals surface area contributed by atoms with E-state index in [-0.39, 0.29) is 0 Å². The number of rotatable bonds is 7. The number of aliphatic carboxylic acids is 1. The zero-order valence-corrected chi connectivity index (χ0v) is 13.1. The van der Waals surface area contributed by atoms with Crippen molar-refractivity contribution in [2.24, 2.45) is 5.73 Å². The van der Waals surface area contributed by atoms with Crippen LogP contribution in [0.4, 0.5) is 0 Å². The maximum atomic E-state index is 11.9. The second-order valence-corrected chi connectivity index (χ2v) is 5.26. The van der Waals surface area contributed by atoms with E-state index in [1.165, 1.54) is 0 Å². The molecule has 0 aromatic heterocycles. The zero-order valence-electron chi connectivity index (χ0n) is 10.7. The molecular weight excluding hydrogens is 367 g/mol. The molecule has 1 aromatic rings. The molecule has 0 bridgehead atoms. The highest BCUT2D eigenvalue weighted by atomic mass is 79.9. The minimum absolute atomic E-state index is 0.363. The molecule has 0 saturated carbocycles. The van der Waals surface area contributed by atoms with Crippen molar-refractivity contribution in [2.45, 2.75) is 0 Å². The summed E-state index contributed by atoms with van der Waals surface area (Å²) in [5.74, 6) is -2.37. The second kappa shape index (κ2) is 7.84. The molecule has 0 aliphatic heterocycles. The number of primary amides is 1. The molecule has 0 aliphatic carbocycles. The monoisotopic (exact) mass is 378 g/mol. The van der Waals surface area contributed by atoms with Gasteiger partial charge in [-0.05, 0) is 34.1 Å². The third kappa shape index (κ3) is 6.01. The van der Waals surface area contributed by atoms with Gasteiger partial charge >= 0.3 is 5.97 Å². The molecule has 0 unspecified atom stereocenters. The van der Waals surface area contributed by atoms with Crippen LogP contribution < -0.4 is 10.5 Å². The van der Waals surface area contributed by atoms with Gasteiger partial charge in [-0.25, -0.2) is 0 Å². The van der Waals surface area contributed by atoms with Gasteiger partial charge in [0, 0.05) is 5.02 Å². The number of hydrogen-bond acceptors (Lipinski definition) is 4. The van der Waals surface area contributed by atoms with Crippen molar-refractivity contribution in [3.05, 3.63) is 27.7 Å². The third-order valence-electron chi connectivity index (χ3n) is 2.27. The highest BCUT2D eigenvalue weighted by Gasteiger charge is 2.19. The summed E-state index contributed by atoms with van der Waals surface area (Å²) in [6.07, 6.45) is 0. The van der Waals surface area contributed by atoms with Gasteiger partial charge in [0.1, 0.15) is 18.8 Å². The van der Waals surface area contributed by atoms with Gasteiger partial charge < -0.3 is 20.5 Å². The normalized spacial score (nSPS) is 10.0. The second-order valence-electron chi connectivity index (χ2n) is 3.97. The Morgan fingerprint density at radius 3 is 2.52 bits per heavy atom. The van der Waals surface area contributed by atoms with Crippen LogP contribution in [0.1, 0.15) is 0 Å². The van der Waals surface area contributed by atoms with Crippen molar-refractivity contribution in [1.82, 2.24) is 4.90 Å². The van der Waals surface area contributed by atoms with Crippen LogP contribution in [0, 0.1) is 0 Å². The average molecular weight is 380 g/mol. The lowest BCUT2D eigenvalue weighted by Crippen LogP contribution is -2.43. The molecule has 3 N–H and O–H groups in total. The minimum atomic E-state index is -1.25. The molecule has 0 fully saturated rings. The number of nitrogens with two attached hydrogens (primary N) is 1. The van der Waals surface area contributed by atoms with E-state index in [0.717, 1.165) is 4.90 Å². The molecule has 9 heteroatoms. The smallest absolute Gasteiger partial charge is 0.323 e. The topological polar surface area (TPSA) is 110 Å². The van der Waals surface area contributed by atoms with Gasteiger partial charge in [-0.3, -0.25) is 14.4 Å². The van der Waals surface area contributed by atoms with Crippen molar-refractivity contribution in [1.29, 1.82) is 0 Å². The predicted octanol–water partition coefficient (Wildman–Crippen LogP) is 0.880. The number of halogens is 2. The Morgan fingerprint density at radius 2 is 2.00 bits per heavy atom. The van der Waals surface area contributed by atoms with Gasteiger partial charge in [0.15, 0.2) is 6.61 Å². The van der Waals surface area contributed by atoms with Crippen LogP contribution in [0.2, 0.25) is 5.02 Å². The van der Waals surface area contributed by atoms with Gasteiger partial charge in [-0.1, -0.05) is 11.6 Å². The van der Waals surface area contributed by atoms with E-state index < -0.39 is 37.5 Å². The number of carboxylic acids is 1. The molecule has 7 nitrogen and oxygen atoms in total. The summed E-state index contributed by atoms with van der Waals surface area (Å²) in [6, 6.07) is 4.71. The van der Waals surface area contributed by atoms with Crippen LogP contribution in [-0.4, -0.2) is 47.5 Å². The first-order chi connectivity index (χ1) is 9.79. The molecular formula is C12H12BrClN2O5. The van der Waals surface area contributed by atoms with Crippen molar-refractivity contribution in [2.75, 3.05) is 19.7 Å². The highest BCUT2D eigenvalue weighted by Crippen LogP contribution is 2.27. The van der Waals surface area contributed by atoms with Crippen molar-refractivity contribution < 1.29 is 24.2 Å². The van der Waals surface area contributed by atoms with E-state index in [1.54, 1.807) is 18.2 Å². The van der Waals surface area contributed by atoms with Gasteiger partial charge in [-0.15, -0.1) is 0 Å². The largest absolute Gasteiger partial charge is 0.483 e. The van der Waals surface area contributed by atoms with Crippen molar-refractivity contribution in [3.63, 3.8) is 0 Å². The Labute approximate surface area is 133 Å². The van der Waals surface area contributed by atoms with Crippen LogP contribution in [0.15, 0.2) is 22.7 Å². The average Bonchev–Trinajstić information content (AvgIpc) is 2.35.